The first-order valence-electron chi connectivity index (χ1n) is 5.58. The Balaban J connectivity index is 2.43. The fraction of sp³-hybridized carbons (Fsp3) is 0.417. The topological polar surface area (TPSA) is 81.7 Å². The number of sulfone groups is 1. The Kier molecular flexibility index (Phi) is 5.31. The van der Waals surface area contributed by atoms with Crippen molar-refractivity contribution < 1.29 is 22.8 Å². The number of hydrogen-bond donors (Lipinski definition) is 1. The molecule has 0 aliphatic carbocycles. The number of amides is 1. The molecule has 0 aliphatic rings. The van der Waals surface area contributed by atoms with Gasteiger partial charge in [-0.1, -0.05) is 12.1 Å². The van der Waals surface area contributed by atoms with Gasteiger partial charge in [0.05, 0.1) is 13.7 Å². The van der Waals surface area contributed by atoms with E-state index in [4.69, 9.17) is 9.57 Å². The molecule has 0 aliphatic heterocycles. The summed E-state index contributed by atoms with van der Waals surface area (Å²) in [6.07, 6.45) is 1.00. The summed E-state index contributed by atoms with van der Waals surface area (Å²) in [4.78, 5) is 16.4. The Labute approximate surface area is 112 Å². The highest BCUT2D eigenvalue weighted by Gasteiger charge is 2.23. The van der Waals surface area contributed by atoms with E-state index in [0.29, 0.717) is 0 Å². The van der Waals surface area contributed by atoms with E-state index in [9.17, 15) is 13.2 Å². The van der Waals surface area contributed by atoms with Crippen LogP contribution < -0.4 is 10.2 Å². The standard InChI is InChI=1S/C12H17NO5S/c1-9(19(3,15)16)12(14)13-18-8-10-4-6-11(17-2)7-5-10/h4-7,9H,8H2,1-3H3,(H,13,14). The van der Waals surface area contributed by atoms with E-state index in [-0.39, 0.29) is 6.61 Å². The molecule has 0 fully saturated rings. The van der Waals surface area contributed by atoms with Crippen molar-refractivity contribution in [1.82, 2.24) is 5.48 Å². The fourth-order valence-corrected chi connectivity index (χ4v) is 1.63. The number of ether oxygens (including phenoxy) is 1. The average Bonchev–Trinajstić information content (AvgIpc) is 2.37. The predicted octanol–water partition coefficient (Wildman–Crippen LogP) is 0.676. The SMILES string of the molecule is COc1ccc(CONC(=O)C(C)S(C)(=O)=O)cc1. The summed E-state index contributed by atoms with van der Waals surface area (Å²) in [5.74, 6) is 0.0366. The zero-order valence-electron chi connectivity index (χ0n) is 11.0. The van der Waals surface area contributed by atoms with Gasteiger partial charge >= 0.3 is 0 Å². The van der Waals surface area contributed by atoms with Gasteiger partial charge in [-0.15, -0.1) is 0 Å². The molecule has 1 unspecified atom stereocenters. The van der Waals surface area contributed by atoms with E-state index in [0.717, 1.165) is 17.6 Å². The van der Waals surface area contributed by atoms with Crippen LogP contribution in [0.2, 0.25) is 0 Å². The van der Waals surface area contributed by atoms with E-state index >= 15 is 0 Å². The van der Waals surface area contributed by atoms with Crippen molar-refractivity contribution in [1.29, 1.82) is 0 Å². The highest BCUT2D eigenvalue weighted by Crippen LogP contribution is 2.11. The number of hydrogen-bond acceptors (Lipinski definition) is 5. The third-order valence-electron chi connectivity index (χ3n) is 2.58. The minimum atomic E-state index is -3.41. The molecule has 6 nitrogen and oxygen atoms in total. The lowest BCUT2D eigenvalue weighted by atomic mass is 10.2. The molecule has 106 valence electrons. The molecule has 0 heterocycles. The van der Waals surface area contributed by atoms with Crippen molar-refractivity contribution in [3.05, 3.63) is 29.8 Å². The van der Waals surface area contributed by atoms with E-state index in [1.807, 2.05) is 0 Å². The Morgan fingerprint density at radius 1 is 1.32 bits per heavy atom. The molecule has 1 amide bonds. The molecule has 7 heteroatoms. The van der Waals surface area contributed by atoms with E-state index in [1.54, 1.807) is 31.4 Å². The van der Waals surface area contributed by atoms with Gasteiger partial charge in [0, 0.05) is 6.26 Å². The lowest BCUT2D eigenvalue weighted by molar-refractivity contribution is -0.133. The highest BCUT2D eigenvalue weighted by molar-refractivity contribution is 7.92. The minimum Gasteiger partial charge on any atom is -0.497 e. The summed E-state index contributed by atoms with van der Waals surface area (Å²) in [7, 11) is -1.85. The molecule has 0 saturated carbocycles. The van der Waals surface area contributed by atoms with Crippen molar-refractivity contribution >= 4 is 15.7 Å². The second kappa shape index (κ2) is 6.53. The van der Waals surface area contributed by atoms with Crippen LogP contribution in [0.1, 0.15) is 12.5 Å². The van der Waals surface area contributed by atoms with Crippen molar-refractivity contribution in [3.8, 4) is 5.75 Å². The fourth-order valence-electron chi connectivity index (χ4n) is 1.19. The molecule has 19 heavy (non-hydrogen) atoms. The minimum absolute atomic E-state index is 0.145. The zero-order valence-corrected chi connectivity index (χ0v) is 11.9. The first kappa shape index (κ1) is 15.5. The van der Waals surface area contributed by atoms with Crippen LogP contribution in [0.25, 0.3) is 0 Å². The van der Waals surface area contributed by atoms with E-state index in [1.165, 1.54) is 6.92 Å². The number of carbonyl (C=O) groups excluding carboxylic acids is 1. The Bertz CT molecular complexity index is 524. The van der Waals surface area contributed by atoms with Crippen LogP contribution >= 0.6 is 0 Å². The molecular formula is C12H17NO5S. The Hall–Kier alpha value is -1.60. The van der Waals surface area contributed by atoms with Crippen LogP contribution in [0.15, 0.2) is 24.3 Å². The molecule has 1 aromatic rings. The van der Waals surface area contributed by atoms with Crippen molar-refractivity contribution in [2.75, 3.05) is 13.4 Å². The summed E-state index contributed by atoms with van der Waals surface area (Å²) in [6.45, 7) is 1.45. The number of hydroxylamine groups is 1. The van der Waals surface area contributed by atoms with Gasteiger partial charge in [-0.25, -0.2) is 13.9 Å². The lowest BCUT2D eigenvalue weighted by Crippen LogP contribution is -2.37. The largest absolute Gasteiger partial charge is 0.497 e. The Morgan fingerprint density at radius 3 is 2.37 bits per heavy atom. The first-order chi connectivity index (χ1) is 8.84. The summed E-state index contributed by atoms with van der Waals surface area (Å²) < 4.78 is 27.3. The van der Waals surface area contributed by atoms with Gasteiger partial charge in [0.25, 0.3) is 5.91 Å². The number of rotatable bonds is 6. The summed E-state index contributed by atoms with van der Waals surface area (Å²) in [5.41, 5.74) is 2.94. The molecule has 0 saturated heterocycles. The third kappa shape index (κ3) is 4.88. The highest BCUT2D eigenvalue weighted by atomic mass is 32.2. The number of methoxy groups -OCH3 is 1. The summed E-state index contributed by atoms with van der Waals surface area (Å²) >= 11 is 0. The molecular weight excluding hydrogens is 270 g/mol. The number of nitrogens with one attached hydrogen (secondary N) is 1. The Morgan fingerprint density at radius 2 is 1.89 bits per heavy atom. The van der Waals surface area contributed by atoms with Gasteiger partial charge in [-0.05, 0) is 24.6 Å². The number of benzene rings is 1. The van der Waals surface area contributed by atoms with Crippen LogP contribution in [-0.4, -0.2) is 32.9 Å². The maximum Gasteiger partial charge on any atom is 0.261 e. The maximum absolute atomic E-state index is 11.4. The first-order valence-corrected chi connectivity index (χ1v) is 7.53. The van der Waals surface area contributed by atoms with Gasteiger partial charge in [0.2, 0.25) is 0 Å². The van der Waals surface area contributed by atoms with E-state index in [2.05, 4.69) is 5.48 Å². The lowest BCUT2D eigenvalue weighted by Gasteiger charge is -2.10. The molecule has 0 bridgehead atoms. The van der Waals surface area contributed by atoms with Crippen LogP contribution in [0.3, 0.4) is 0 Å². The van der Waals surface area contributed by atoms with Crippen LogP contribution in [0.4, 0.5) is 0 Å². The van der Waals surface area contributed by atoms with Crippen molar-refractivity contribution in [2.24, 2.45) is 0 Å². The predicted molar refractivity (Wildman–Crippen MR) is 70.2 cm³/mol. The molecule has 1 rings (SSSR count). The summed E-state index contributed by atoms with van der Waals surface area (Å²) in [5, 5.41) is -1.14. The quantitative estimate of drug-likeness (QED) is 0.778. The van der Waals surface area contributed by atoms with Gasteiger partial charge in [-0.2, -0.15) is 0 Å². The molecule has 0 radical (unpaired) electrons. The average molecular weight is 287 g/mol. The third-order valence-corrected chi connectivity index (χ3v) is 4.08. The normalized spacial score (nSPS) is 12.8. The van der Waals surface area contributed by atoms with Gasteiger partial charge in [-0.3, -0.25) is 9.63 Å². The molecule has 0 spiro atoms. The van der Waals surface area contributed by atoms with Crippen molar-refractivity contribution in [2.45, 2.75) is 18.8 Å². The van der Waals surface area contributed by atoms with Gasteiger partial charge in [0.1, 0.15) is 11.0 Å². The van der Waals surface area contributed by atoms with Crippen LogP contribution in [-0.2, 0) is 26.1 Å². The van der Waals surface area contributed by atoms with E-state index < -0.39 is 21.0 Å². The number of carbonyl (C=O) groups is 1. The van der Waals surface area contributed by atoms with Crippen LogP contribution in [0.5, 0.6) is 5.75 Å². The monoisotopic (exact) mass is 287 g/mol. The molecule has 1 N–H and O–H groups in total. The van der Waals surface area contributed by atoms with Gasteiger partial charge < -0.3 is 4.74 Å². The zero-order chi connectivity index (χ0) is 14.5. The molecule has 1 atom stereocenters. The second-order valence-corrected chi connectivity index (χ2v) is 6.44. The second-order valence-electron chi connectivity index (χ2n) is 4.07. The van der Waals surface area contributed by atoms with Crippen molar-refractivity contribution in [3.63, 3.8) is 0 Å². The van der Waals surface area contributed by atoms with Crippen LogP contribution in [0, 0.1) is 0 Å². The maximum atomic E-state index is 11.4. The smallest absolute Gasteiger partial charge is 0.261 e. The molecule has 0 aromatic heterocycles. The summed E-state index contributed by atoms with van der Waals surface area (Å²) in [6, 6.07) is 7.09. The van der Waals surface area contributed by atoms with Gasteiger partial charge in [0.15, 0.2) is 9.84 Å². The molecule has 1 aromatic carbocycles.